The van der Waals surface area contributed by atoms with E-state index < -0.39 is 0 Å². The topological polar surface area (TPSA) is 56.9 Å². The van der Waals surface area contributed by atoms with Gasteiger partial charge in [-0.1, -0.05) is 0 Å². The van der Waals surface area contributed by atoms with Gasteiger partial charge in [-0.2, -0.15) is 5.26 Å². The van der Waals surface area contributed by atoms with E-state index >= 15 is 0 Å². The zero-order valence-electron chi connectivity index (χ0n) is 6.20. The Labute approximate surface area is 64.9 Å². The lowest BCUT2D eigenvalue weighted by Gasteiger charge is -1.97. The number of hydrogen-bond donors (Lipinski definition) is 1. The van der Waals surface area contributed by atoms with E-state index in [1.54, 1.807) is 6.07 Å². The maximum atomic E-state index is 8.68. The van der Waals surface area contributed by atoms with E-state index in [0.29, 0.717) is 11.3 Å². The van der Waals surface area contributed by atoms with Gasteiger partial charge in [-0.15, -0.1) is 0 Å². The Morgan fingerprint density at radius 3 is 2.91 bits per heavy atom. The summed E-state index contributed by atoms with van der Waals surface area (Å²) in [5.41, 5.74) is 2.01. The van der Waals surface area contributed by atoms with Crippen molar-refractivity contribution in [3.63, 3.8) is 0 Å². The van der Waals surface area contributed by atoms with Crippen molar-refractivity contribution in [3.05, 3.63) is 29.1 Å². The first-order valence-corrected chi connectivity index (χ1v) is 3.24. The molecule has 0 aliphatic carbocycles. The van der Waals surface area contributed by atoms with Crippen LogP contribution in [0.25, 0.3) is 0 Å². The van der Waals surface area contributed by atoms with Gasteiger partial charge in [0.25, 0.3) is 0 Å². The quantitative estimate of drug-likeness (QED) is 0.639. The van der Waals surface area contributed by atoms with Gasteiger partial charge in [-0.3, -0.25) is 4.98 Å². The average Bonchev–Trinajstić information content (AvgIpc) is 2.04. The predicted molar refractivity (Wildman–Crippen MR) is 39.6 cm³/mol. The third kappa shape index (κ3) is 1.54. The molecule has 0 atom stereocenters. The van der Waals surface area contributed by atoms with Gasteiger partial charge in [-0.25, -0.2) is 0 Å². The van der Waals surface area contributed by atoms with Crippen LogP contribution in [0.3, 0.4) is 0 Å². The van der Waals surface area contributed by atoms with Crippen molar-refractivity contribution in [2.75, 3.05) is 0 Å². The highest BCUT2D eigenvalue weighted by Gasteiger charge is 1.98. The Hall–Kier alpha value is -1.40. The number of nitriles is 1. The van der Waals surface area contributed by atoms with Crippen LogP contribution in [-0.4, -0.2) is 10.1 Å². The van der Waals surface area contributed by atoms with Gasteiger partial charge in [0, 0.05) is 6.20 Å². The van der Waals surface area contributed by atoms with E-state index in [0.717, 1.165) is 5.56 Å². The molecule has 0 radical (unpaired) electrons. The molecule has 0 amide bonds. The Bertz CT molecular complexity index is 301. The van der Waals surface area contributed by atoms with Crippen LogP contribution < -0.4 is 0 Å². The summed E-state index contributed by atoms with van der Waals surface area (Å²) in [6, 6.07) is 3.71. The van der Waals surface area contributed by atoms with Crippen molar-refractivity contribution in [1.82, 2.24) is 4.98 Å². The second kappa shape index (κ2) is 3.13. The predicted octanol–water partition coefficient (Wildman–Crippen LogP) is 0.754. The molecular formula is C8H8N2O. The number of pyridine rings is 1. The number of nitrogens with zero attached hydrogens (tertiary/aromatic N) is 2. The maximum absolute atomic E-state index is 8.68. The highest BCUT2D eigenvalue weighted by molar-refractivity contribution is 5.35. The van der Waals surface area contributed by atoms with E-state index in [9.17, 15) is 0 Å². The third-order valence-electron chi connectivity index (χ3n) is 1.45. The molecule has 3 nitrogen and oxygen atoms in total. The molecule has 1 rings (SSSR count). The monoisotopic (exact) mass is 148 g/mol. The number of hydrogen-bond acceptors (Lipinski definition) is 3. The van der Waals surface area contributed by atoms with Crippen molar-refractivity contribution < 1.29 is 5.11 Å². The van der Waals surface area contributed by atoms with Crippen molar-refractivity contribution in [2.24, 2.45) is 0 Å². The highest BCUT2D eigenvalue weighted by Crippen LogP contribution is 2.06. The standard InChI is InChI=1S/C8H8N2O/c1-6-2-8(5-11)10-4-7(6)3-9/h2,4,11H,5H2,1H3. The first kappa shape index (κ1) is 7.70. The summed E-state index contributed by atoms with van der Waals surface area (Å²) in [6.07, 6.45) is 1.47. The van der Waals surface area contributed by atoms with Crippen LogP contribution in [0.4, 0.5) is 0 Å². The van der Waals surface area contributed by atoms with E-state index in [1.165, 1.54) is 6.20 Å². The Morgan fingerprint density at radius 1 is 1.73 bits per heavy atom. The van der Waals surface area contributed by atoms with Crippen molar-refractivity contribution >= 4 is 0 Å². The fourth-order valence-electron chi connectivity index (χ4n) is 0.818. The first-order valence-electron chi connectivity index (χ1n) is 3.24. The fourth-order valence-corrected chi connectivity index (χ4v) is 0.818. The molecule has 56 valence electrons. The van der Waals surface area contributed by atoms with Gasteiger partial charge in [0.1, 0.15) is 6.07 Å². The van der Waals surface area contributed by atoms with E-state index in [4.69, 9.17) is 10.4 Å². The maximum Gasteiger partial charge on any atom is 0.101 e. The minimum Gasteiger partial charge on any atom is -0.390 e. The smallest absolute Gasteiger partial charge is 0.101 e. The van der Waals surface area contributed by atoms with Crippen LogP contribution in [-0.2, 0) is 6.61 Å². The van der Waals surface area contributed by atoms with Crippen LogP contribution in [0.15, 0.2) is 12.3 Å². The molecule has 1 aromatic rings. The minimum absolute atomic E-state index is 0.0768. The summed E-state index contributed by atoms with van der Waals surface area (Å²) in [4.78, 5) is 3.86. The molecule has 11 heavy (non-hydrogen) atoms. The molecule has 0 aliphatic heterocycles. The third-order valence-corrected chi connectivity index (χ3v) is 1.45. The second-order valence-electron chi connectivity index (χ2n) is 2.26. The molecule has 3 heteroatoms. The molecule has 1 N–H and O–H groups in total. The van der Waals surface area contributed by atoms with Gasteiger partial charge in [0.2, 0.25) is 0 Å². The van der Waals surface area contributed by atoms with E-state index in [2.05, 4.69) is 4.98 Å². The summed E-state index contributed by atoms with van der Waals surface area (Å²) in [5.74, 6) is 0. The first-order chi connectivity index (χ1) is 5.27. The SMILES string of the molecule is Cc1cc(CO)ncc1C#N. The van der Waals surface area contributed by atoms with Crippen LogP contribution in [0.5, 0.6) is 0 Å². The minimum atomic E-state index is -0.0768. The number of rotatable bonds is 1. The molecule has 0 spiro atoms. The lowest BCUT2D eigenvalue weighted by molar-refractivity contribution is 0.277. The Morgan fingerprint density at radius 2 is 2.45 bits per heavy atom. The van der Waals surface area contributed by atoms with Crippen LogP contribution in [0, 0.1) is 18.3 Å². The summed E-state index contributed by atoms with van der Waals surface area (Å²) in [5, 5.41) is 17.2. The molecule has 0 aliphatic rings. The molecule has 0 bridgehead atoms. The number of aliphatic hydroxyl groups is 1. The number of aliphatic hydroxyl groups excluding tert-OH is 1. The largest absolute Gasteiger partial charge is 0.390 e. The van der Waals surface area contributed by atoms with E-state index in [1.807, 2.05) is 13.0 Å². The number of aryl methyl sites for hydroxylation is 1. The van der Waals surface area contributed by atoms with E-state index in [-0.39, 0.29) is 6.61 Å². The normalized spacial score (nSPS) is 9.18. The van der Waals surface area contributed by atoms with Crippen molar-refractivity contribution in [1.29, 1.82) is 5.26 Å². The van der Waals surface area contributed by atoms with Crippen LogP contribution >= 0.6 is 0 Å². The molecule has 0 unspecified atom stereocenters. The lowest BCUT2D eigenvalue weighted by Crippen LogP contribution is -1.92. The zero-order chi connectivity index (χ0) is 8.27. The second-order valence-corrected chi connectivity index (χ2v) is 2.26. The zero-order valence-corrected chi connectivity index (χ0v) is 6.20. The molecule has 0 aromatic carbocycles. The number of aromatic nitrogens is 1. The van der Waals surface area contributed by atoms with Gasteiger partial charge >= 0.3 is 0 Å². The fraction of sp³-hybridized carbons (Fsp3) is 0.250. The molecule has 1 aromatic heterocycles. The summed E-state index contributed by atoms with van der Waals surface area (Å²) < 4.78 is 0. The molecule has 0 saturated carbocycles. The van der Waals surface area contributed by atoms with Gasteiger partial charge in [0.15, 0.2) is 0 Å². The van der Waals surface area contributed by atoms with Crippen molar-refractivity contribution in [3.8, 4) is 6.07 Å². The van der Waals surface area contributed by atoms with Crippen LogP contribution in [0.1, 0.15) is 16.8 Å². The van der Waals surface area contributed by atoms with Crippen molar-refractivity contribution in [2.45, 2.75) is 13.5 Å². The summed E-state index contributed by atoms with van der Waals surface area (Å²) in [7, 11) is 0. The van der Waals surface area contributed by atoms with Gasteiger partial charge < -0.3 is 5.11 Å². The summed E-state index contributed by atoms with van der Waals surface area (Å²) >= 11 is 0. The van der Waals surface area contributed by atoms with Crippen LogP contribution in [0.2, 0.25) is 0 Å². The highest BCUT2D eigenvalue weighted by atomic mass is 16.3. The lowest BCUT2D eigenvalue weighted by atomic mass is 10.1. The summed E-state index contributed by atoms with van der Waals surface area (Å²) in [6.45, 7) is 1.74. The molecular weight excluding hydrogens is 140 g/mol. The molecule has 0 saturated heterocycles. The Kier molecular flexibility index (Phi) is 2.19. The Balaban J connectivity index is 3.12. The van der Waals surface area contributed by atoms with Gasteiger partial charge in [0.05, 0.1) is 17.9 Å². The molecule has 0 fully saturated rings. The van der Waals surface area contributed by atoms with Gasteiger partial charge in [-0.05, 0) is 18.6 Å². The molecule has 1 heterocycles. The average molecular weight is 148 g/mol.